The molecule has 0 aromatic heterocycles. The van der Waals surface area contributed by atoms with E-state index in [2.05, 4.69) is 20.9 Å². The van der Waals surface area contributed by atoms with Crippen molar-refractivity contribution < 1.29 is 38.2 Å². The molecule has 0 saturated carbocycles. The highest BCUT2D eigenvalue weighted by atomic mass is 31.2. The average molecular weight is 442 g/mol. The van der Waals surface area contributed by atoms with Crippen LogP contribution in [0.3, 0.4) is 0 Å². The predicted octanol–water partition coefficient (Wildman–Crippen LogP) is 4.18. The van der Waals surface area contributed by atoms with E-state index in [1.54, 1.807) is 0 Å². The van der Waals surface area contributed by atoms with Crippen LogP contribution in [0, 0.1) is 0 Å². The van der Waals surface area contributed by atoms with Crippen LogP contribution in [0.25, 0.3) is 0 Å². The summed E-state index contributed by atoms with van der Waals surface area (Å²) >= 11 is 0. The van der Waals surface area contributed by atoms with Crippen molar-refractivity contribution in [1.82, 2.24) is 0 Å². The summed E-state index contributed by atoms with van der Waals surface area (Å²) < 4.78 is 25.7. The Morgan fingerprint density at radius 3 is 2.00 bits per heavy atom. The number of esters is 1. The van der Waals surface area contributed by atoms with Gasteiger partial charge in [0.15, 0.2) is 6.10 Å². The molecule has 0 bridgehead atoms. The van der Waals surface area contributed by atoms with E-state index in [0.717, 1.165) is 19.3 Å². The lowest BCUT2D eigenvalue weighted by molar-refractivity contribution is -0.290. The topological polar surface area (TPSA) is 138 Å². The first kappa shape index (κ1) is 28.5. The van der Waals surface area contributed by atoms with Crippen molar-refractivity contribution in [2.24, 2.45) is 5.73 Å². The number of unbranched alkanes of at least 4 members (excludes halogenated alkanes) is 10. The van der Waals surface area contributed by atoms with E-state index in [9.17, 15) is 14.3 Å². The van der Waals surface area contributed by atoms with Gasteiger partial charge in [-0.3, -0.25) is 19.1 Å². The zero-order chi connectivity index (χ0) is 21.8. The minimum absolute atomic E-state index is 0.0600. The number of nitrogens with two attached hydrogens (primary N) is 1. The van der Waals surface area contributed by atoms with Gasteiger partial charge in [0.25, 0.3) is 0 Å². The van der Waals surface area contributed by atoms with Gasteiger partial charge in [-0.05, 0) is 6.42 Å². The third-order valence-electron chi connectivity index (χ3n) is 4.36. The Labute approximate surface area is 174 Å². The molecule has 0 amide bonds. The standard InChI is InChI=1S/C19H40NO8P/c1-2-3-4-5-6-7-8-9-10-11-12-13-19(21)25-16-18(28-22)17-27-29(23,24)26-15-14-20/h18,22H,2-17,20H2,1H3,(H,23,24)/t18-/m1/s1. The smallest absolute Gasteiger partial charge is 0.463 e. The van der Waals surface area contributed by atoms with E-state index < -0.39 is 26.5 Å². The fourth-order valence-electron chi connectivity index (χ4n) is 2.68. The Morgan fingerprint density at radius 2 is 1.48 bits per heavy atom. The molecule has 174 valence electrons. The number of hydrogen-bond acceptors (Lipinski definition) is 8. The van der Waals surface area contributed by atoms with Crippen molar-refractivity contribution in [3.63, 3.8) is 0 Å². The zero-order valence-electron chi connectivity index (χ0n) is 17.8. The molecular weight excluding hydrogens is 401 g/mol. The van der Waals surface area contributed by atoms with Crippen LogP contribution in [0.2, 0.25) is 0 Å². The summed E-state index contributed by atoms with van der Waals surface area (Å²) in [5.41, 5.74) is 5.16. The van der Waals surface area contributed by atoms with Crippen LogP contribution in [-0.2, 0) is 28.0 Å². The molecule has 9 nitrogen and oxygen atoms in total. The van der Waals surface area contributed by atoms with Crippen molar-refractivity contribution in [3.05, 3.63) is 0 Å². The summed E-state index contributed by atoms with van der Waals surface area (Å²) in [4.78, 5) is 25.2. The van der Waals surface area contributed by atoms with Gasteiger partial charge in [0.1, 0.15) is 6.61 Å². The van der Waals surface area contributed by atoms with Crippen molar-refractivity contribution in [2.75, 3.05) is 26.4 Å². The Balaban J connectivity index is 3.65. The first-order valence-electron chi connectivity index (χ1n) is 10.7. The second kappa shape index (κ2) is 19.4. The van der Waals surface area contributed by atoms with Gasteiger partial charge in [-0.2, -0.15) is 0 Å². The molecular formula is C19H40NO8P. The van der Waals surface area contributed by atoms with Crippen molar-refractivity contribution in [2.45, 2.75) is 90.1 Å². The molecule has 0 radical (unpaired) electrons. The van der Waals surface area contributed by atoms with Crippen LogP contribution in [0.4, 0.5) is 0 Å². The van der Waals surface area contributed by atoms with Crippen molar-refractivity contribution >= 4 is 13.8 Å². The fraction of sp³-hybridized carbons (Fsp3) is 0.947. The first-order chi connectivity index (χ1) is 13.9. The van der Waals surface area contributed by atoms with Crippen LogP contribution < -0.4 is 5.73 Å². The second-order valence-electron chi connectivity index (χ2n) is 7.08. The van der Waals surface area contributed by atoms with Crippen molar-refractivity contribution in [1.29, 1.82) is 0 Å². The molecule has 0 rings (SSSR count). The van der Waals surface area contributed by atoms with Gasteiger partial charge >= 0.3 is 13.8 Å². The van der Waals surface area contributed by atoms with Gasteiger partial charge in [0.05, 0.1) is 13.2 Å². The minimum atomic E-state index is -4.28. The summed E-state index contributed by atoms with van der Waals surface area (Å²) in [7, 11) is -4.28. The van der Waals surface area contributed by atoms with Gasteiger partial charge < -0.3 is 15.4 Å². The summed E-state index contributed by atoms with van der Waals surface area (Å²) in [6, 6.07) is 0. The maximum Gasteiger partial charge on any atom is 0.472 e. The molecule has 0 aliphatic carbocycles. The van der Waals surface area contributed by atoms with Crippen LogP contribution in [-0.4, -0.2) is 48.6 Å². The molecule has 10 heteroatoms. The van der Waals surface area contributed by atoms with E-state index >= 15 is 0 Å². The minimum Gasteiger partial charge on any atom is -0.463 e. The molecule has 0 fully saturated rings. The van der Waals surface area contributed by atoms with Gasteiger partial charge in [-0.15, -0.1) is 0 Å². The fourth-order valence-corrected chi connectivity index (χ4v) is 3.45. The molecule has 0 aliphatic rings. The van der Waals surface area contributed by atoms with Crippen LogP contribution >= 0.6 is 7.82 Å². The normalized spacial score (nSPS) is 14.5. The maximum absolute atomic E-state index is 11.7. The number of phosphoric ester groups is 1. The average Bonchev–Trinajstić information content (AvgIpc) is 2.70. The van der Waals surface area contributed by atoms with Crippen LogP contribution in [0.15, 0.2) is 0 Å². The maximum atomic E-state index is 11.7. The van der Waals surface area contributed by atoms with Gasteiger partial charge in [0, 0.05) is 13.0 Å². The van der Waals surface area contributed by atoms with E-state index in [1.165, 1.54) is 51.4 Å². The Morgan fingerprint density at radius 1 is 0.931 bits per heavy atom. The number of rotatable bonds is 21. The van der Waals surface area contributed by atoms with Crippen LogP contribution in [0.1, 0.15) is 84.0 Å². The van der Waals surface area contributed by atoms with E-state index in [-0.39, 0.29) is 26.2 Å². The van der Waals surface area contributed by atoms with Crippen molar-refractivity contribution in [3.8, 4) is 0 Å². The number of carbonyl (C=O) groups is 1. The molecule has 0 spiro atoms. The predicted molar refractivity (Wildman–Crippen MR) is 110 cm³/mol. The molecule has 0 aromatic carbocycles. The zero-order valence-corrected chi connectivity index (χ0v) is 18.7. The van der Waals surface area contributed by atoms with E-state index in [0.29, 0.717) is 0 Å². The molecule has 0 aromatic rings. The molecule has 4 N–H and O–H groups in total. The van der Waals surface area contributed by atoms with E-state index in [4.69, 9.17) is 15.7 Å². The lowest BCUT2D eigenvalue weighted by atomic mass is 10.1. The Kier molecular flexibility index (Phi) is 19.1. The largest absolute Gasteiger partial charge is 0.472 e. The van der Waals surface area contributed by atoms with Crippen LogP contribution in [0.5, 0.6) is 0 Å². The number of carbonyl (C=O) groups excluding carboxylic acids is 1. The monoisotopic (exact) mass is 441 g/mol. The summed E-state index contributed by atoms with van der Waals surface area (Å²) in [6.45, 7) is 1.38. The molecule has 0 heterocycles. The highest BCUT2D eigenvalue weighted by Gasteiger charge is 2.24. The highest BCUT2D eigenvalue weighted by molar-refractivity contribution is 7.47. The Bertz CT molecular complexity index is 438. The lowest BCUT2D eigenvalue weighted by Crippen LogP contribution is -2.26. The third kappa shape index (κ3) is 19.2. The van der Waals surface area contributed by atoms with Gasteiger partial charge in [-0.25, -0.2) is 9.45 Å². The summed E-state index contributed by atoms with van der Waals surface area (Å²) in [5.74, 6) is -0.408. The molecule has 0 aliphatic heterocycles. The quantitative estimate of drug-likeness (QED) is 0.0787. The number of hydrogen-bond donors (Lipinski definition) is 3. The molecule has 2 atom stereocenters. The van der Waals surface area contributed by atoms with Gasteiger partial charge in [-0.1, -0.05) is 71.1 Å². The molecule has 0 saturated heterocycles. The molecule has 1 unspecified atom stereocenters. The molecule has 29 heavy (non-hydrogen) atoms. The lowest BCUT2D eigenvalue weighted by Gasteiger charge is -2.16. The SMILES string of the molecule is CCCCCCCCCCCCCC(=O)OC[C@H](COP(=O)(O)OCCN)OO. The number of phosphoric acid groups is 1. The first-order valence-corrected chi connectivity index (χ1v) is 12.2. The summed E-state index contributed by atoms with van der Waals surface area (Å²) in [5, 5.41) is 8.79. The Hall–Kier alpha value is -0.540. The number of ether oxygens (including phenoxy) is 1. The van der Waals surface area contributed by atoms with Gasteiger partial charge in [0.2, 0.25) is 0 Å². The second-order valence-corrected chi connectivity index (χ2v) is 8.54. The van der Waals surface area contributed by atoms with E-state index in [1.807, 2.05) is 0 Å². The third-order valence-corrected chi connectivity index (χ3v) is 5.34. The highest BCUT2D eigenvalue weighted by Crippen LogP contribution is 2.42. The summed E-state index contributed by atoms with van der Waals surface area (Å²) in [6.07, 6.45) is 12.3.